The fourth-order valence-electron chi connectivity index (χ4n) is 4.17. The smallest absolute Gasteiger partial charge is 0.202 e. The molecule has 3 aliphatic heterocycles. The third-order valence-electron chi connectivity index (χ3n) is 5.26. The van der Waals surface area contributed by atoms with Crippen molar-refractivity contribution < 1.29 is 14.2 Å². The Balaban J connectivity index is 1.42. The van der Waals surface area contributed by atoms with Crippen LogP contribution in [0.1, 0.15) is 25.8 Å². The summed E-state index contributed by atoms with van der Waals surface area (Å²) >= 11 is 0. The minimum Gasteiger partial charge on any atom is -0.491 e. The van der Waals surface area contributed by atoms with Crippen LogP contribution in [0.4, 0.5) is 5.69 Å². The van der Waals surface area contributed by atoms with E-state index in [9.17, 15) is 0 Å². The number of rotatable bonds is 6. The van der Waals surface area contributed by atoms with Gasteiger partial charge in [-0.3, -0.25) is 14.8 Å². The molecule has 0 aliphatic carbocycles. The first-order valence-corrected chi connectivity index (χ1v) is 9.95. The van der Waals surface area contributed by atoms with E-state index < -0.39 is 0 Å². The van der Waals surface area contributed by atoms with Crippen LogP contribution in [0.3, 0.4) is 0 Å². The van der Waals surface area contributed by atoms with Gasteiger partial charge in [-0.1, -0.05) is 0 Å². The summed E-state index contributed by atoms with van der Waals surface area (Å²) in [5, 5.41) is 0. The van der Waals surface area contributed by atoms with E-state index in [0.29, 0.717) is 29.8 Å². The van der Waals surface area contributed by atoms with E-state index in [4.69, 9.17) is 19.9 Å². The van der Waals surface area contributed by atoms with Crippen molar-refractivity contribution in [1.29, 1.82) is 0 Å². The second-order valence-electron chi connectivity index (χ2n) is 7.54. The highest BCUT2D eigenvalue weighted by Crippen LogP contribution is 2.43. The normalized spacial score (nSPS) is 24.3. The lowest BCUT2D eigenvalue weighted by Gasteiger charge is -2.35. The van der Waals surface area contributed by atoms with Gasteiger partial charge in [0.15, 0.2) is 11.5 Å². The molecule has 0 unspecified atom stereocenters. The number of aliphatic imine (C=N–C) groups is 2. The molecule has 0 radical (unpaired) electrons. The molecular formula is C20H29N5O3. The van der Waals surface area contributed by atoms with E-state index in [1.807, 2.05) is 17.0 Å². The second-order valence-corrected chi connectivity index (χ2v) is 7.54. The van der Waals surface area contributed by atoms with Crippen LogP contribution in [0.2, 0.25) is 0 Å². The van der Waals surface area contributed by atoms with Gasteiger partial charge in [-0.15, -0.1) is 0 Å². The first kappa shape index (κ1) is 19.0. The number of ether oxygens (including phenoxy) is 3. The molecule has 152 valence electrons. The van der Waals surface area contributed by atoms with Gasteiger partial charge >= 0.3 is 0 Å². The highest BCUT2D eigenvalue weighted by atomic mass is 16.5. The van der Waals surface area contributed by atoms with Crippen molar-refractivity contribution in [2.75, 3.05) is 46.4 Å². The van der Waals surface area contributed by atoms with Crippen molar-refractivity contribution in [3.63, 3.8) is 0 Å². The maximum atomic E-state index is 6.12. The summed E-state index contributed by atoms with van der Waals surface area (Å²) < 4.78 is 17.5. The minimum atomic E-state index is 0.284. The zero-order chi connectivity index (χ0) is 19.7. The Kier molecular flexibility index (Phi) is 5.41. The van der Waals surface area contributed by atoms with Gasteiger partial charge in [-0.2, -0.15) is 0 Å². The summed E-state index contributed by atoms with van der Waals surface area (Å²) in [6.45, 7) is 9.29. The van der Waals surface area contributed by atoms with Crippen molar-refractivity contribution in [3.8, 4) is 11.5 Å². The van der Waals surface area contributed by atoms with Gasteiger partial charge in [-0.25, -0.2) is 4.99 Å². The minimum absolute atomic E-state index is 0.284. The summed E-state index contributed by atoms with van der Waals surface area (Å²) in [6, 6.07) is 3.93. The summed E-state index contributed by atoms with van der Waals surface area (Å²) in [6.07, 6.45) is 1.50. The Hall–Kier alpha value is -2.32. The second kappa shape index (κ2) is 7.97. The van der Waals surface area contributed by atoms with Crippen LogP contribution in [0.15, 0.2) is 22.1 Å². The molecule has 1 aromatic carbocycles. The molecule has 1 aromatic rings. The number of nitrogens with two attached hydrogens (primary N) is 1. The Morgan fingerprint density at radius 2 is 2.04 bits per heavy atom. The quantitative estimate of drug-likeness (QED) is 0.747. The van der Waals surface area contributed by atoms with Crippen LogP contribution < -0.4 is 15.2 Å². The Bertz CT molecular complexity index is 784. The van der Waals surface area contributed by atoms with E-state index in [2.05, 4.69) is 28.7 Å². The van der Waals surface area contributed by atoms with Gasteiger partial charge in [0.1, 0.15) is 11.5 Å². The Morgan fingerprint density at radius 1 is 1.25 bits per heavy atom. The molecule has 0 amide bonds. The highest BCUT2D eigenvalue weighted by molar-refractivity contribution is 6.16. The fourth-order valence-corrected chi connectivity index (χ4v) is 4.17. The maximum Gasteiger partial charge on any atom is 0.202 e. The van der Waals surface area contributed by atoms with Gasteiger partial charge in [-0.05, 0) is 32.4 Å². The van der Waals surface area contributed by atoms with Crippen LogP contribution >= 0.6 is 0 Å². The molecule has 3 heterocycles. The number of morpholine rings is 1. The SMILES string of the molecule is COc1c(OCCCN2C[C@@H](C)O[C@@H](C)C2)ccc2c1N=C(N)N1CCN=C21. The number of nitrogens with zero attached hydrogens (tertiary/aromatic N) is 4. The van der Waals surface area contributed by atoms with Crippen LogP contribution in [-0.2, 0) is 4.74 Å². The fraction of sp³-hybridized carbons (Fsp3) is 0.600. The van der Waals surface area contributed by atoms with Crippen molar-refractivity contribution >= 4 is 17.5 Å². The lowest BCUT2D eigenvalue weighted by atomic mass is 10.1. The van der Waals surface area contributed by atoms with E-state index in [1.54, 1.807) is 7.11 Å². The first-order chi connectivity index (χ1) is 13.6. The zero-order valence-electron chi connectivity index (χ0n) is 16.9. The average molecular weight is 387 g/mol. The highest BCUT2D eigenvalue weighted by Gasteiger charge is 2.31. The largest absolute Gasteiger partial charge is 0.491 e. The van der Waals surface area contributed by atoms with Crippen LogP contribution in [0.25, 0.3) is 0 Å². The van der Waals surface area contributed by atoms with Crippen molar-refractivity contribution in [2.45, 2.75) is 32.5 Å². The number of methoxy groups -OCH3 is 1. The van der Waals surface area contributed by atoms with Gasteiger partial charge in [0.05, 0.1) is 32.5 Å². The molecule has 0 spiro atoms. The van der Waals surface area contributed by atoms with Gasteiger partial charge in [0.25, 0.3) is 0 Å². The maximum absolute atomic E-state index is 6.12. The predicted octanol–water partition coefficient (Wildman–Crippen LogP) is 1.60. The number of amidine groups is 1. The number of hydrogen-bond acceptors (Lipinski definition) is 8. The van der Waals surface area contributed by atoms with Gasteiger partial charge in [0, 0.05) is 31.7 Å². The third kappa shape index (κ3) is 3.66. The van der Waals surface area contributed by atoms with Crippen molar-refractivity contribution in [1.82, 2.24) is 9.80 Å². The average Bonchev–Trinajstić information content (AvgIpc) is 3.15. The molecule has 0 aromatic heterocycles. The number of fused-ring (bicyclic) bond motifs is 3. The third-order valence-corrected chi connectivity index (χ3v) is 5.26. The van der Waals surface area contributed by atoms with Crippen molar-refractivity contribution in [3.05, 3.63) is 17.7 Å². The standard InChI is InChI=1S/C20H29N5O3/c1-13-11-24(12-14(2)28-13)8-4-10-27-16-6-5-15-17(18(16)26-3)23-20(21)25-9-7-22-19(15)25/h5-6,13-14H,4,7-12H2,1-3H3,(H2,21,23)/t13-,14+. The Morgan fingerprint density at radius 3 is 2.79 bits per heavy atom. The molecular weight excluding hydrogens is 358 g/mol. The van der Waals surface area contributed by atoms with E-state index in [-0.39, 0.29) is 12.2 Å². The van der Waals surface area contributed by atoms with Gasteiger partial charge < -0.3 is 19.9 Å². The molecule has 0 saturated carbocycles. The molecule has 1 saturated heterocycles. The molecule has 1 fully saturated rings. The lowest BCUT2D eigenvalue weighted by Crippen LogP contribution is -2.45. The molecule has 2 atom stereocenters. The summed E-state index contributed by atoms with van der Waals surface area (Å²) in [4.78, 5) is 13.5. The zero-order valence-corrected chi connectivity index (χ0v) is 16.9. The number of benzene rings is 1. The van der Waals surface area contributed by atoms with Crippen LogP contribution in [0, 0.1) is 0 Å². The molecule has 2 N–H and O–H groups in total. The van der Waals surface area contributed by atoms with E-state index in [1.165, 1.54) is 0 Å². The summed E-state index contributed by atoms with van der Waals surface area (Å²) in [5.74, 6) is 2.62. The number of hydrogen-bond donors (Lipinski definition) is 1. The molecule has 8 heteroatoms. The Labute approximate surface area is 166 Å². The van der Waals surface area contributed by atoms with Gasteiger partial charge in [0.2, 0.25) is 5.96 Å². The predicted molar refractivity (Wildman–Crippen MR) is 109 cm³/mol. The first-order valence-electron chi connectivity index (χ1n) is 9.95. The molecule has 0 bridgehead atoms. The van der Waals surface area contributed by atoms with Crippen LogP contribution in [0.5, 0.6) is 11.5 Å². The molecule has 28 heavy (non-hydrogen) atoms. The van der Waals surface area contributed by atoms with E-state index in [0.717, 1.165) is 50.5 Å². The number of guanidine groups is 1. The molecule has 4 rings (SSSR count). The summed E-state index contributed by atoms with van der Waals surface area (Å²) in [5.41, 5.74) is 7.75. The monoisotopic (exact) mass is 387 g/mol. The lowest BCUT2D eigenvalue weighted by molar-refractivity contribution is -0.0686. The van der Waals surface area contributed by atoms with Crippen molar-refractivity contribution in [2.24, 2.45) is 15.7 Å². The summed E-state index contributed by atoms with van der Waals surface area (Å²) in [7, 11) is 1.63. The van der Waals surface area contributed by atoms with E-state index >= 15 is 0 Å². The molecule has 3 aliphatic rings. The topological polar surface area (TPSA) is 84.9 Å². The van der Waals surface area contributed by atoms with Crippen LogP contribution in [-0.4, -0.2) is 80.2 Å². The molecule has 8 nitrogen and oxygen atoms in total.